The maximum absolute atomic E-state index is 12.0. The van der Waals surface area contributed by atoms with Crippen molar-refractivity contribution < 1.29 is 9.53 Å². The number of amides is 1. The normalized spacial score (nSPS) is 10.3. The van der Waals surface area contributed by atoms with Crippen LogP contribution >= 0.6 is 27.3 Å². The molecule has 106 valence electrons. The average molecular weight is 355 g/mol. The Kier molecular flexibility index (Phi) is 5.14. The zero-order valence-corrected chi connectivity index (χ0v) is 13.7. The topological polar surface area (TPSA) is 51.2 Å². The van der Waals surface area contributed by atoms with Gasteiger partial charge in [-0.2, -0.15) is 0 Å². The second-order valence-corrected chi connectivity index (χ2v) is 6.13. The van der Waals surface area contributed by atoms with Gasteiger partial charge in [0.1, 0.15) is 5.75 Å². The molecule has 4 nitrogen and oxygen atoms in total. The highest BCUT2D eigenvalue weighted by Gasteiger charge is 2.08. The maximum atomic E-state index is 12.0. The quantitative estimate of drug-likeness (QED) is 0.896. The molecule has 1 aromatic heterocycles. The van der Waals surface area contributed by atoms with Crippen LogP contribution in [-0.4, -0.2) is 24.5 Å². The van der Waals surface area contributed by atoms with Crippen molar-refractivity contribution in [2.75, 3.05) is 13.7 Å². The van der Waals surface area contributed by atoms with Crippen molar-refractivity contribution in [1.82, 2.24) is 10.3 Å². The van der Waals surface area contributed by atoms with Crippen LogP contribution in [0, 0.1) is 6.92 Å². The summed E-state index contributed by atoms with van der Waals surface area (Å²) in [7, 11) is 1.59. The van der Waals surface area contributed by atoms with E-state index in [0.29, 0.717) is 17.9 Å². The number of hydrogen-bond acceptors (Lipinski definition) is 4. The number of methoxy groups -OCH3 is 1. The molecule has 0 bridgehead atoms. The fourth-order valence-corrected chi connectivity index (χ4v) is 2.92. The van der Waals surface area contributed by atoms with Gasteiger partial charge in [-0.15, -0.1) is 11.3 Å². The van der Waals surface area contributed by atoms with Crippen molar-refractivity contribution in [2.24, 2.45) is 0 Å². The lowest BCUT2D eigenvalue weighted by molar-refractivity contribution is 0.0954. The minimum atomic E-state index is -0.0969. The van der Waals surface area contributed by atoms with Gasteiger partial charge in [-0.1, -0.05) is 0 Å². The Morgan fingerprint density at radius 1 is 1.50 bits per heavy atom. The molecule has 0 fully saturated rings. The molecular formula is C14H15BrN2O2S. The van der Waals surface area contributed by atoms with E-state index in [1.165, 1.54) is 0 Å². The monoisotopic (exact) mass is 354 g/mol. The van der Waals surface area contributed by atoms with E-state index in [0.717, 1.165) is 21.6 Å². The van der Waals surface area contributed by atoms with Crippen LogP contribution in [0.3, 0.4) is 0 Å². The molecule has 0 atom stereocenters. The number of thiazole rings is 1. The number of aryl methyl sites for hydroxylation is 1. The summed E-state index contributed by atoms with van der Waals surface area (Å²) in [5.41, 5.74) is 1.62. The van der Waals surface area contributed by atoms with Crippen molar-refractivity contribution in [3.05, 3.63) is 44.3 Å². The number of benzene rings is 1. The Bertz CT molecular complexity index is 613. The van der Waals surface area contributed by atoms with Crippen molar-refractivity contribution in [2.45, 2.75) is 13.3 Å². The first-order chi connectivity index (χ1) is 9.60. The summed E-state index contributed by atoms with van der Waals surface area (Å²) in [5, 5.41) is 5.95. The first-order valence-electron chi connectivity index (χ1n) is 6.13. The van der Waals surface area contributed by atoms with Crippen molar-refractivity contribution >= 4 is 33.2 Å². The highest BCUT2D eigenvalue weighted by atomic mass is 79.9. The van der Waals surface area contributed by atoms with Crippen LogP contribution in [0.1, 0.15) is 21.1 Å². The number of hydrogen-bond donors (Lipinski definition) is 1. The molecule has 20 heavy (non-hydrogen) atoms. The van der Waals surface area contributed by atoms with Gasteiger partial charge in [-0.05, 0) is 41.1 Å². The number of halogens is 1. The van der Waals surface area contributed by atoms with E-state index in [4.69, 9.17) is 4.74 Å². The predicted octanol–water partition coefficient (Wildman–Crippen LogP) is 3.20. The summed E-state index contributed by atoms with van der Waals surface area (Å²) >= 11 is 4.99. The minimum Gasteiger partial charge on any atom is -0.496 e. The third-order valence-corrected chi connectivity index (χ3v) is 4.19. The van der Waals surface area contributed by atoms with Gasteiger partial charge >= 0.3 is 0 Å². The SMILES string of the molecule is COc1ccc(C(=O)NCCc2csc(C)n2)cc1Br. The largest absolute Gasteiger partial charge is 0.496 e. The summed E-state index contributed by atoms with van der Waals surface area (Å²) in [5.74, 6) is 0.611. The van der Waals surface area contributed by atoms with E-state index < -0.39 is 0 Å². The number of nitrogens with one attached hydrogen (secondary N) is 1. The summed E-state index contributed by atoms with van der Waals surface area (Å²) in [6.07, 6.45) is 0.743. The molecule has 0 aliphatic rings. The van der Waals surface area contributed by atoms with Crippen LogP contribution in [0.25, 0.3) is 0 Å². The second-order valence-electron chi connectivity index (χ2n) is 4.21. The van der Waals surface area contributed by atoms with Crippen LogP contribution in [-0.2, 0) is 6.42 Å². The Labute approximate surface area is 130 Å². The molecule has 6 heteroatoms. The van der Waals surface area contributed by atoms with Gasteiger partial charge < -0.3 is 10.1 Å². The van der Waals surface area contributed by atoms with Gasteiger partial charge in [0.2, 0.25) is 0 Å². The highest BCUT2D eigenvalue weighted by Crippen LogP contribution is 2.25. The van der Waals surface area contributed by atoms with Gasteiger partial charge in [0.25, 0.3) is 5.91 Å². The Hall–Kier alpha value is -1.40. The van der Waals surface area contributed by atoms with Gasteiger partial charge in [0, 0.05) is 23.9 Å². The molecule has 0 saturated carbocycles. The molecule has 1 heterocycles. The van der Waals surface area contributed by atoms with Crippen molar-refractivity contribution in [3.63, 3.8) is 0 Å². The second kappa shape index (κ2) is 6.85. The Morgan fingerprint density at radius 2 is 2.30 bits per heavy atom. The summed E-state index contributed by atoms with van der Waals surface area (Å²) in [4.78, 5) is 16.4. The zero-order valence-electron chi connectivity index (χ0n) is 11.3. The zero-order chi connectivity index (χ0) is 14.5. The van der Waals surface area contributed by atoms with Crippen LogP contribution in [0.4, 0.5) is 0 Å². The van der Waals surface area contributed by atoms with Gasteiger partial charge in [0.05, 0.1) is 22.3 Å². The number of aromatic nitrogens is 1. The van der Waals surface area contributed by atoms with Crippen molar-refractivity contribution in [3.8, 4) is 5.75 Å². The molecule has 0 spiro atoms. The Balaban J connectivity index is 1.90. The van der Waals surface area contributed by atoms with Crippen LogP contribution in [0.2, 0.25) is 0 Å². The first kappa shape index (κ1) is 15.0. The maximum Gasteiger partial charge on any atom is 0.251 e. The third kappa shape index (κ3) is 3.80. The number of rotatable bonds is 5. The number of ether oxygens (including phenoxy) is 1. The van der Waals surface area contributed by atoms with Gasteiger partial charge in [-0.3, -0.25) is 4.79 Å². The number of carbonyl (C=O) groups is 1. The third-order valence-electron chi connectivity index (χ3n) is 2.75. The van der Waals surface area contributed by atoms with Crippen LogP contribution < -0.4 is 10.1 Å². The standard InChI is InChI=1S/C14H15BrN2O2S/c1-9-17-11(8-20-9)5-6-16-14(18)10-3-4-13(19-2)12(15)7-10/h3-4,7-8H,5-6H2,1-2H3,(H,16,18). The first-order valence-corrected chi connectivity index (χ1v) is 7.80. The lowest BCUT2D eigenvalue weighted by Gasteiger charge is -2.07. The van der Waals surface area contributed by atoms with E-state index in [1.54, 1.807) is 36.6 Å². The molecule has 0 aliphatic carbocycles. The molecule has 0 aliphatic heterocycles. The highest BCUT2D eigenvalue weighted by molar-refractivity contribution is 9.10. The smallest absolute Gasteiger partial charge is 0.251 e. The predicted molar refractivity (Wildman–Crippen MR) is 83.6 cm³/mol. The lowest BCUT2D eigenvalue weighted by Crippen LogP contribution is -2.25. The summed E-state index contributed by atoms with van der Waals surface area (Å²) in [6.45, 7) is 2.55. The minimum absolute atomic E-state index is 0.0969. The van der Waals surface area contributed by atoms with E-state index in [9.17, 15) is 4.79 Å². The van der Waals surface area contributed by atoms with Crippen LogP contribution in [0.5, 0.6) is 5.75 Å². The molecule has 1 amide bonds. The molecule has 1 aromatic carbocycles. The van der Waals surface area contributed by atoms with E-state index in [-0.39, 0.29) is 5.91 Å². The summed E-state index contributed by atoms with van der Waals surface area (Å²) in [6, 6.07) is 5.26. The molecule has 0 unspecified atom stereocenters. The lowest BCUT2D eigenvalue weighted by atomic mass is 10.2. The Morgan fingerprint density at radius 3 is 2.90 bits per heavy atom. The van der Waals surface area contributed by atoms with E-state index in [2.05, 4.69) is 26.2 Å². The van der Waals surface area contributed by atoms with Gasteiger partial charge in [0.15, 0.2) is 0 Å². The van der Waals surface area contributed by atoms with Crippen LogP contribution in [0.15, 0.2) is 28.1 Å². The fourth-order valence-electron chi connectivity index (χ4n) is 1.74. The van der Waals surface area contributed by atoms with Gasteiger partial charge in [-0.25, -0.2) is 4.98 Å². The molecule has 2 rings (SSSR count). The molecule has 2 aromatic rings. The number of carbonyl (C=O) groups excluding carboxylic acids is 1. The molecule has 0 saturated heterocycles. The van der Waals surface area contributed by atoms with E-state index in [1.807, 2.05) is 12.3 Å². The van der Waals surface area contributed by atoms with Crippen molar-refractivity contribution in [1.29, 1.82) is 0 Å². The fraction of sp³-hybridized carbons (Fsp3) is 0.286. The molecule has 1 N–H and O–H groups in total. The van der Waals surface area contributed by atoms with E-state index >= 15 is 0 Å². The average Bonchev–Trinajstić information content (AvgIpc) is 2.84. The summed E-state index contributed by atoms with van der Waals surface area (Å²) < 4.78 is 5.90. The molecule has 0 radical (unpaired) electrons. The molecular weight excluding hydrogens is 340 g/mol. The number of nitrogens with zero attached hydrogens (tertiary/aromatic N) is 1.